The van der Waals surface area contributed by atoms with Crippen molar-refractivity contribution >= 4 is 16.7 Å². The van der Waals surface area contributed by atoms with Crippen LogP contribution in [0.3, 0.4) is 0 Å². The van der Waals surface area contributed by atoms with Crippen molar-refractivity contribution in [2.24, 2.45) is 0 Å². The van der Waals surface area contributed by atoms with E-state index in [1.807, 2.05) is 18.2 Å². The Kier molecular flexibility index (Phi) is 2.52. The van der Waals surface area contributed by atoms with Crippen LogP contribution in [0.15, 0.2) is 42.5 Å². The maximum Gasteiger partial charge on any atom is 0.138 e. The highest BCUT2D eigenvalue weighted by atomic mass is 14.9. The molecule has 3 N–H and O–H groups in total. The van der Waals surface area contributed by atoms with Gasteiger partial charge in [0.25, 0.3) is 0 Å². The molecule has 0 saturated heterocycles. The van der Waals surface area contributed by atoms with Gasteiger partial charge in [0.05, 0.1) is 11.0 Å². The Morgan fingerprint density at radius 3 is 2.61 bits per heavy atom. The van der Waals surface area contributed by atoms with Crippen LogP contribution in [0.4, 0.5) is 5.69 Å². The summed E-state index contributed by atoms with van der Waals surface area (Å²) in [6.45, 7) is 2.15. The van der Waals surface area contributed by atoms with Gasteiger partial charge in [0.1, 0.15) is 5.82 Å². The highest BCUT2D eigenvalue weighted by molar-refractivity contribution is 5.82. The molecule has 3 nitrogen and oxygen atoms in total. The lowest BCUT2D eigenvalue weighted by Crippen LogP contribution is -1.83. The molecule has 3 aromatic rings. The first-order chi connectivity index (χ1) is 8.76. The molecule has 0 atom stereocenters. The summed E-state index contributed by atoms with van der Waals surface area (Å²) in [6.07, 6.45) is 1.05. The van der Waals surface area contributed by atoms with Crippen LogP contribution in [-0.4, -0.2) is 9.97 Å². The van der Waals surface area contributed by atoms with Crippen LogP contribution in [0.1, 0.15) is 12.5 Å². The number of nitrogens with one attached hydrogen (secondary N) is 1. The fraction of sp³-hybridized carbons (Fsp3) is 0.133. The third kappa shape index (κ3) is 1.84. The largest absolute Gasteiger partial charge is 0.399 e. The van der Waals surface area contributed by atoms with Crippen LogP contribution in [0, 0.1) is 0 Å². The lowest BCUT2D eigenvalue weighted by Gasteiger charge is -1.98. The number of rotatable bonds is 2. The summed E-state index contributed by atoms with van der Waals surface area (Å²) in [4.78, 5) is 7.87. The van der Waals surface area contributed by atoms with E-state index in [0.717, 1.165) is 34.5 Å². The number of nitrogens with two attached hydrogens (primary N) is 1. The third-order valence-electron chi connectivity index (χ3n) is 3.14. The minimum Gasteiger partial charge on any atom is -0.399 e. The van der Waals surface area contributed by atoms with Gasteiger partial charge in [-0.3, -0.25) is 0 Å². The molecule has 1 heterocycles. The van der Waals surface area contributed by atoms with E-state index in [0.29, 0.717) is 0 Å². The minimum atomic E-state index is 0.749. The predicted octanol–water partition coefficient (Wildman–Crippen LogP) is 3.37. The van der Waals surface area contributed by atoms with E-state index in [4.69, 9.17) is 5.73 Å². The molecule has 0 fully saturated rings. The number of hydrogen-bond acceptors (Lipinski definition) is 2. The van der Waals surface area contributed by atoms with Gasteiger partial charge in [0.2, 0.25) is 0 Å². The first kappa shape index (κ1) is 10.8. The van der Waals surface area contributed by atoms with Gasteiger partial charge in [0, 0.05) is 11.3 Å². The van der Waals surface area contributed by atoms with Crippen molar-refractivity contribution in [3.8, 4) is 11.4 Å². The van der Waals surface area contributed by atoms with Gasteiger partial charge in [-0.2, -0.15) is 0 Å². The average Bonchev–Trinajstić information content (AvgIpc) is 2.81. The van der Waals surface area contributed by atoms with Gasteiger partial charge < -0.3 is 10.7 Å². The molecular weight excluding hydrogens is 222 g/mol. The van der Waals surface area contributed by atoms with Crippen molar-refractivity contribution in [2.45, 2.75) is 13.3 Å². The van der Waals surface area contributed by atoms with E-state index < -0.39 is 0 Å². The number of aromatic nitrogens is 2. The first-order valence-corrected chi connectivity index (χ1v) is 6.11. The minimum absolute atomic E-state index is 0.749. The average molecular weight is 237 g/mol. The van der Waals surface area contributed by atoms with Crippen molar-refractivity contribution in [1.82, 2.24) is 9.97 Å². The van der Waals surface area contributed by atoms with E-state index in [-0.39, 0.29) is 0 Å². The molecule has 18 heavy (non-hydrogen) atoms. The Morgan fingerprint density at radius 1 is 1.11 bits per heavy atom. The molecule has 0 bridgehead atoms. The zero-order valence-electron chi connectivity index (χ0n) is 10.3. The summed E-state index contributed by atoms with van der Waals surface area (Å²) < 4.78 is 0. The van der Waals surface area contributed by atoms with Gasteiger partial charge >= 0.3 is 0 Å². The predicted molar refractivity (Wildman–Crippen MR) is 75.3 cm³/mol. The Bertz CT molecular complexity index is 681. The Labute approximate surface area is 106 Å². The topological polar surface area (TPSA) is 54.7 Å². The van der Waals surface area contributed by atoms with Crippen LogP contribution in [0.2, 0.25) is 0 Å². The molecule has 0 unspecified atom stereocenters. The molecule has 0 spiro atoms. The number of imidazole rings is 1. The van der Waals surface area contributed by atoms with E-state index in [2.05, 4.69) is 41.2 Å². The summed E-state index contributed by atoms with van der Waals surface area (Å²) in [5, 5.41) is 0. The zero-order valence-corrected chi connectivity index (χ0v) is 10.3. The highest BCUT2D eigenvalue weighted by Crippen LogP contribution is 2.22. The van der Waals surface area contributed by atoms with Crippen LogP contribution in [0.25, 0.3) is 22.4 Å². The van der Waals surface area contributed by atoms with Crippen LogP contribution in [0.5, 0.6) is 0 Å². The molecule has 0 aliphatic rings. The second-order valence-electron chi connectivity index (χ2n) is 4.41. The van der Waals surface area contributed by atoms with Crippen molar-refractivity contribution < 1.29 is 0 Å². The zero-order chi connectivity index (χ0) is 12.5. The third-order valence-corrected chi connectivity index (χ3v) is 3.14. The monoisotopic (exact) mass is 237 g/mol. The molecular formula is C15H15N3. The SMILES string of the molecule is CCc1ccc(-c2nc3ccc(N)cc3[nH]2)cc1. The number of nitrogens with zero attached hydrogens (tertiary/aromatic N) is 1. The fourth-order valence-corrected chi connectivity index (χ4v) is 2.06. The van der Waals surface area contributed by atoms with Crippen molar-refractivity contribution in [3.63, 3.8) is 0 Å². The van der Waals surface area contributed by atoms with Gasteiger partial charge in [-0.15, -0.1) is 0 Å². The van der Waals surface area contributed by atoms with E-state index in [1.165, 1.54) is 5.56 Å². The number of benzene rings is 2. The molecule has 90 valence electrons. The molecule has 3 heteroatoms. The molecule has 0 radical (unpaired) electrons. The number of anilines is 1. The molecule has 0 aliphatic carbocycles. The van der Waals surface area contributed by atoms with Gasteiger partial charge in [0.15, 0.2) is 0 Å². The van der Waals surface area contributed by atoms with Gasteiger partial charge in [-0.05, 0) is 30.2 Å². The molecule has 0 amide bonds. The summed E-state index contributed by atoms with van der Waals surface area (Å²) in [5.41, 5.74) is 10.9. The highest BCUT2D eigenvalue weighted by Gasteiger charge is 2.05. The van der Waals surface area contributed by atoms with E-state index in [1.54, 1.807) is 0 Å². The van der Waals surface area contributed by atoms with E-state index in [9.17, 15) is 0 Å². The smallest absolute Gasteiger partial charge is 0.138 e. The van der Waals surface area contributed by atoms with Gasteiger partial charge in [-0.25, -0.2) is 4.98 Å². The Hall–Kier alpha value is -2.29. The lowest BCUT2D eigenvalue weighted by molar-refractivity contribution is 1.14. The molecule has 0 aliphatic heterocycles. The number of hydrogen-bond donors (Lipinski definition) is 2. The summed E-state index contributed by atoms with van der Waals surface area (Å²) in [5.74, 6) is 0.887. The van der Waals surface area contributed by atoms with Crippen molar-refractivity contribution in [1.29, 1.82) is 0 Å². The summed E-state index contributed by atoms with van der Waals surface area (Å²) in [6, 6.07) is 14.2. The fourth-order valence-electron chi connectivity index (χ4n) is 2.06. The molecule has 1 aromatic heterocycles. The molecule has 2 aromatic carbocycles. The number of nitrogen functional groups attached to an aromatic ring is 1. The summed E-state index contributed by atoms with van der Waals surface area (Å²) >= 11 is 0. The standard InChI is InChI=1S/C15H15N3/c1-2-10-3-5-11(6-4-10)15-17-13-8-7-12(16)9-14(13)18-15/h3-9H,2,16H2,1H3,(H,17,18). The van der Waals surface area contributed by atoms with Gasteiger partial charge in [-0.1, -0.05) is 31.2 Å². The van der Waals surface area contributed by atoms with Crippen LogP contribution < -0.4 is 5.73 Å². The van der Waals surface area contributed by atoms with Crippen LogP contribution in [-0.2, 0) is 6.42 Å². The number of fused-ring (bicyclic) bond motifs is 1. The van der Waals surface area contributed by atoms with Crippen molar-refractivity contribution in [2.75, 3.05) is 5.73 Å². The number of aryl methyl sites for hydroxylation is 1. The first-order valence-electron chi connectivity index (χ1n) is 6.11. The number of aromatic amines is 1. The summed E-state index contributed by atoms with van der Waals surface area (Å²) in [7, 11) is 0. The van der Waals surface area contributed by atoms with Crippen LogP contribution >= 0.6 is 0 Å². The normalized spacial score (nSPS) is 10.9. The second-order valence-corrected chi connectivity index (χ2v) is 4.41. The maximum absolute atomic E-state index is 5.76. The second kappa shape index (κ2) is 4.18. The molecule has 0 saturated carbocycles. The quantitative estimate of drug-likeness (QED) is 0.671. The van der Waals surface area contributed by atoms with E-state index >= 15 is 0 Å². The molecule has 3 rings (SSSR count). The number of H-pyrrole nitrogens is 1. The Morgan fingerprint density at radius 2 is 1.89 bits per heavy atom. The lowest BCUT2D eigenvalue weighted by atomic mass is 10.1. The Balaban J connectivity index is 2.07. The maximum atomic E-state index is 5.76. The van der Waals surface area contributed by atoms with Crippen molar-refractivity contribution in [3.05, 3.63) is 48.0 Å².